The van der Waals surface area contributed by atoms with E-state index in [0.29, 0.717) is 30.1 Å². The quantitative estimate of drug-likeness (QED) is 0.707. The maximum Gasteiger partial charge on any atom is 0.262 e. The van der Waals surface area contributed by atoms with Crippen molar-refractivity contribution >= 4 is 21.6 Å². The van der Waals surface area contributed by atoms with Gasteiger partial charge in [-0.2, -0.15) is 0 Å². The standard InChI is InChI=1S/C20H26N2O4S/c1-4-13-22(14-5-2)20(23)16-9-8-10-17(15-16)27(24,25)21-18-11-6-7-12-19(18)26-3/h6-12,15,21H,4-5,13-14H2,1-3H3. The average Bonchev–Trinajstić information content (AvgIpc) is 2.67. The van der Waals surface area contributed by atoms with Gasteiger partial charge in [-0.05, 0) is 43.2 Å². The number of rotatable bonds is 9. The largest absolute Gasteiger partial charge is 0.495 e. The van der Waals surface area contributed by atoms with Crippen LogP contribution in [0.4, 0.5) is 5.69 Å². The van der Waals surface area contributed by atoms with Gasteiger partial charge in [0.05, 0.1) is 17.7 Å². The van der Waals surface area contributed by atoms with Crippen molar-refractivity contribution in [1.82, 2.24) is 4.90 Å². The van der Waals surface area contributed by atoms with Crippen LogP contribution in [0.25, 0.3) is 0 Å². The van der Waals surface area contributed by atoms with Crippen LogP contribution in [-0.2, 0) is 10.0 Å². The molecule has 1 N–H and O–H groups in total. The lowest BCUT2D eigenvalue weighted by Gasteiger charge is -2.21. The molecule has 0 saturated heterocycles. The second-order valence-corrected chi connectivity index (χ2v) is 7.81. The van der Waals surface area contributed by atoms with Crippen molar-refractivity contribution < 1.29 is 17.9 Å². The number of sulfonamides is 1. The third-order valence-corrected chi connectivity index (χ3v) is 5.38. The van der Waals surface area contributed by atoms with Crippen LogP contribution in [0, 0.1) is 0 Å². The highest BCUT2D eigenvalue weighted by Crippen LogP contribution is 2.26. The van der Waals surface area contributed by atoms with E-state index in [9.17, 15) is 13.2 Å². The Hall–Kier alpha value is -2.54. The van der Waals surface area contributed by atoms with Crippen molar-refractivity contribution in [3.05, 3.63) is 54.1 Å². The van der Waals surface area contributed by atoms with Gasteiger partial charge in [-0.3, -0.25) is 9.52 Å². The highest BCUT2D eigenvalue weighted by Gasteiger charge is 2.20. The van der Waals surface area contributed by atoms with Crippen LogP contribution in [0.3, 0.4) is 0 Å². The SMILES string of the molecule is CCCN(CCC)C(=O)c1cccc(S(=O)(=O)Nc2ccccc2OC)c1. The zero-order valence-corrected chi connectivity index (χ0v) is 16.8. The number of para-hydroxylation sites is 2. The lowest BCUT2D eigenvalue weighted by Crippen LogP contribution is -2.32. The summed E-state index contributed by atoms with van der Waals surface area (Å²) >= 11 is 0. The summed E-state index contributed by atoms with van der Waals surface area (Å²) < 4.78 is 33.3. The highest BCUT2D eigenvalue weighted by molar-refractivity contribution is 7.92. The van der Waals surface area contributed by atoms with Crippen LogP contribution in [0.5, 0.6) is 5.75 Å². The molecular weight excluding hydrogens is 364 g/mol. The Bertz CT molecular complexity index is 875. The maximum absolute atomic E-state index is 12.8. The van der Waals surface area contributed by atoms with E-state index in [1.165, 1.54) is 19.2 Å². The Morgan fingerprint density at radius 2 is 1.70 bits per heavy atom. The number of amides is 1. The molecule has 1 amide bonds. The third-order valence-electron chi connectivity index (χ3n) is 4.02. The molecule has 0 fully saturated rings. The number of methoxy groups -OCH3 is 1. The predicted octanol–water partition coefficient (Wildman–Crippen LogP) is 3.76. The van der Waals surface area contributed by atoms with Crippen LogP contribution in [0.15, 0.2) is 53.4 Å². The second-order valence-electron chi connectivity index (χ2n) is 6.13. The molecule has 2 aromatic carbocycles. The summed E-state index contributed by atoms with van der Waals surface area (Å²) in [5.74, 6) is 0.262. The van der Waals surface area contributed by atoms with Crippen molar-refractivity contribution in [1.29, 1.82) is 0 Å². The fourth-order valence-electron chi connectivity index (χ4n) is 2.77. The van der Waals surface area contributed by atoms with Gasteiger partial charge in [0.2, 0.25) is 0 Å². The number of ether oxygens (including phenoxy) is 1. The van der Waals surface area contributed by atoms with Crippen molar-refractivity contribution in [3.8, 4) is 5.75 Å². The monoisotopic (exact) mass is 390 g/mol. The van der Waals surface area contributed by atoms with E-state index in [1.54, 1.807) is 41.3 Å². The van der Waals surface area contributed by atoms with Gasteiger partial charge in [-0.1, -0.05) is 32.0 Å². The molecule has 146 valence electrons. The molecule has 6 nitrogen and oxygen atoms in total. The smallest absolute Gasteiger partial charge is 0.262 e. The Labute approximate surface area is 161 Å². The lowest BCUT2D eigenvalue weighted by atomic mass is 10.2. The number of hydrogen-bond acceptors (Lipinski definition) is 4. The van der Waals surface area contributed by atoms with Gasteiger partial charge < -0.3 is 9.64 Å². The van der Waals surface area contributed by atoms with E-state index in [1.807, 2.05) is 13.8 Å². The topological polar surface area (TPSA) is 75.7 Å². The molecule has 0 radical (unpaired) electrons. The van der Waals surface area contributed by atoms with E-state index >= 15 is 0 Å². The number of nitrogens with one attached hydrogen (secondary N) is 1. The van der Waals surface area contributed by atoms with E-state index < -0.39 is 10.0 Å². The Morgan fingerprint density at radius 3 is 2.33 bits per heavy atom. The molecule has 0 aliphatic heterocycles. The van der Waals surface area contributed by atoms with Gasteiger partial charge in [0.25, 0.3) is 15.9 Å². The molecule has 27 heavy (non-hydrogen) atoms. The second kappa shape index (κ2) is 9.41. The summed E-state index contributed by atoms with van der Waals surface area (Å²) in [6.07, 6.45) is 1.69. The molecule has 2 rings (SSSR count). The summed E-state index contributed by atoms with van der Waals surface area (Å²) in [6.45, 7) is 5.30. The fraction of sp³-hybridized carbons (Fsp3) is 0.350. The summed E-state index contributed by atoms with van der Waals surface area (Å²) in [6, 6.07) is 12.9. The number of nitrogens with zero attached hydrogens (tertiary/aromatic N) is 1. The van der Waals surface area contributed by atoms with Crippen molar-refractivity contribution in [2.75, 3.05) is 24.9 Å². The van der Waals surface area contributed by atoms with Crippen LogP contribution >= 0.6 is 0 Å². The first kappa shape index (κ1) is 20.8. The molecule has 0 heterocycles. The van der Waals surface area contributed by atoms with Crippen molar-refractivity contribution in [2.45, 2.75) is 31.6 Å². The normalized spacial score (nSPS) is 11.1. The molecule has 0 spiro atoms. The van der Waals surface area contributed by atoms with E-state index in [4.69, 9.17) is 4.74 Å². The molecule has 0 unspecified atom stereocenters. The third kappa shape index (κ3) is 5.23. The highest BCUT2D eigenvalue weighted by atomic mass is 32.2. The minimum absolute atomic E-state index is 0.0344. The van der Waals surface area contributed by atoms with Gasteiger partial charge >= 0.3 is 0 Å². The number of carbonyl (C=O) groups is 1. The summed E-state index contributed by atoms with van der Waals surface area (Å²) in [5, 5.41) is 0. The molecule has 0 bridgehead atoms. The first-order valence-electron chi connectivity index (χ1n) is 8.98. The first-order chi connectivity index (χ1) is 12.9. The molecule has 0 aliphatic rings. The van der Waals surface area contributed by atoms with E-state index in [0.717, 1.165) is 12.8 Å². The summed E-state index contributed by atoms with van der Waals surface area (Å²) in [7, 11) is -2.38. The zero-order chi connectivity index (χ0) is 19.9. The average molecular weight is 391 g/mol. The summed E-state index contributed by atoms with van der Waals surface area (Å²) in [4.78, 5) is 14.5. The number of anilines is 1. The molecular formula is C20H26N2O4S. The Morgan fingerprint density at radius 1 is 1.04 bits per heavy atom. The molecule has 0 saturated carbocycles. The van der Waals surface area contributed by atoms with Crippen molar-refractivity contribution in [3.63, 3.8) is 0 Å². The van der Waals surface area contributed by atoms with Crippen molar-refractivity contribution in [2.24, 2.45) is 0 Å². The zero-order valence-electron chi connectivity index (χ0n) is 15.9. The molecule has 0 atom stereocenters. The van der Waals surface area contributed by atoms with Crippen LogP contribution in [0.1, 0.15) is 37.0 Å². The van der Waals surface area contributed by atoms with Crippen LogP contribution < -0.4 is 9.46 Å². The van der Waals surface area contributed by atoms with Gasteiger partial charge in [-0.15, -0.1) is 0 Å². The Balaban J connectivity index is 2.31. The van der Waals surface area contributed by atoms with Crippen LogP contribution in [-0.4, -0.2) is 39.4 Å². The number of hydrogen-bond donors (Lipinski definition) is 1. The minimum atomic E-state index is -3.85. The molecule has 0 aromatic heterocycles. The molecule has 7 heteroatoms. The molecule has 2 aromatic rings. The minimum Gasteiger partial charge on any atom is -0.495 e. The maximum atomic E-state index is 12.8. The predicted molar refractivity (Wildman–Crippen MR) is 107 cm³/mol. The van der Waals surface area contributed by atoms with E-state index in [-0.39, 0.29) is 10.8 Å². The fourth-order valence-corrected chi connectivity index (χ4v) is 3.88. The number of carbonyl (C=O) groups excluding carboxylic acids is 1. The van der Waals surface area contributed by atoms with Gasteiger partial charge in [0, 0.05) is 18.7 Å². The number of benzene rings is 2. The van der Waals surface area contributed by atoms with Crippen LogP contribution in [0.2, 0.25) is 0 Å². The lowest BCUT2D eigenvalue weighted by molar-refractivity contribution is 0.0755. The first-order valence-corrected chi connectivity index (χ1v) is 10.5. The van der Waals surface area contributed by atoms with E-state index in [2.05, 4.69) is 4.72 Å². The Kier molecular flexibility index (Phi) is 7.24. The van der Waals surface area contributed by atoms with Gasteiger partial charge in [0.1, 0.15) is 5.75 Å². The molecule has 0 aliphatic carbocycles. The summed E-state index contributed by atoms with van der Waals surface area (Å²) in [5.41, 5.74) is 0.704. The van der Waals surface area contributed by atoms with Gasteiger partial charge in [-0.25, -0.2) is 8.42 Å². The van der Waals surface area contributed by atoms with Gasteiger partial charge in [0.15, 0.2) is 0 Å².